The van der Waals surface area contributed by atoms with Gasteiger partial charge in [-0.25, -0.2) is 4.68 Å². The topological polar surface area (TPSA) is 73.0 Å². The molecule has 3 atom stereocenters. The van der Waals surface area contributed by atoms with Crippen molar-refractivity contribution in [2.75, 3.05) is 0 Å². The molecule has 0 spiro atoms. The Morgan fingerprint density at radius 1 is 1.19 bits per heavy atom. The molecular formula is C21H22N4O2. The lowest BCUT2D eigenvalue weighted by atomic mass is 9.95. The van der Waals surface area contributed by atoms with Gasteiger partial charge in [0.05, 0.1) is 12.0 Å². The molecule has 2 heterocycles. The maximum atomic E-state index is 12.8. The Labute approximate surface area is 157 Å². The van der Waals surface area contributed by atoms with E-state index in [1.54, 1.807) is 17.0 Å². The molecule has 2 saturated carbocycles. The molecule has 2 aliphatic carbocycles. The van der Waals surface area contributed by atoms with Crippen LogP contribution in [-0.4, -0.2) is 26.7 Å². The Morgan fingerprint density at radius 2 is 2.04 bits per heavy atom. The fourth-order valence-electron chi connectivity index (χ4n) is 4.49. The average molecular weight is 362 g/mol. The maximum absolute atomic E-state index is 12.8. The molecule has 2 fully saturated rings. The highest BCUT2D eigenvalue weighted by Gasteiger charge is 2.40. The van der Waals surface area contributed by atoms with Crippen molar-refractivity contribution in [2.24, 2.45) is 11.8 Å². The van der Waals surface area contributed by atoms with Gasteiger partial charge in [0, 0.05) is 6.04 Å². The van der Waals surface area contributed by atoms with Gasteiger partial charge < -0.3 is 9.73 Å². The number of rotatable bonds is 4. The number of nitrogens with zero attached hydrogens (tertiary/aromatic N) is 3. The van der Waals surface area contributed by atoms with E-state index < -0.39 is 0 Å². The van der Waals surface area contributed by atoms with Crippen molar-refractivity contribution in [3.63, 3.8) is 0 Å². The largest absolute Gasteiger partial charge is 0.461 e. The fourth-order valence-corrected chi connectivity index (χ4v) is 4.49. The van der Waals surface area contributed by atoms with Crippen LogP contribution >= 0.6 is 0 Å². The summed E-state index contributed by atoms with van der Waals surface area (Å²) in [6.07, 6.45) is 6.45. The molecule has 138 valence electrons. The molecule has 6 heteroatoms. The summed E-state index contributed by atoms with van der Waals surface area (Å²) in [6, 6.07) is 11.8. The molecular weight excluding hydrogens is 340 g/mol. The monoisotopic (exact) mass is 362 g/mol. The molecule has 2 aliphatic rings. The molecule has 0 aliphatic heterocycles. The number of aromatic nitrogens is 3. The van der Waals surface area contributed by atoms with Gasteiger partial charge >= 0.3 is 0 Å². The van der Waals surface area contributed by atoms with Gasteiger partial charge in [0.1, 0.15) is 0 Å². The van der Waals surface area contributed by atoms with Gasteiger partial charge in [-0.3, -0.25) is 4.79 Å². The Bertz CT molecular complexity index is 959. The first-order valence-electron chi connectivity index (χ1n) is 9.56. The molecule has 3 aromatic rings. The van der Waals surface area contributed by atoms with Crippen molar-refractivity contribution < 1.29 is 9.21 Å². The van der Waals surface area contributed by atoms with Gasteiger partial charge in [-0.1, -0.05) is 24.1 Å². The molecule has 2 aromatic heterocycles. The first-order valence-corrected chi connectivity index (χ1v) is 9.56. The highest BCUT2D eigenvalue weighted by molar-refractivity contribution is 5.91. The summed E-state index contributed by atoms with van der Waals surface area (Å²) in [6.45, 7) is 2.03. The fraction of sp³-hybridized carbons (Fsp3) is 0.381. The lowest BCUT2D eigenvalue weighted by Crippen LogP contribution is -2.39. The number of nitrogens with one attached hydrogen (secondary N) is 1. The lowest BCUT2D eigenvalue weighted by molar-refractivity contribution is 0.0912. The molecule has 0 unspecified atom stereocenters. The van der Waals surface area contributed by atoms with Crippen LogP contribution in [0, 0.1) is 18.8 Å². The molecule has 1 N–H and O–H groups in total. The zero-order valence-corrected chi connectivity index (χ0v) is 15.3. The van der Waals surface area contributed by atoms with Crippen LogP contribution in [0.4, 0.5) is 0 Å². The van der Waals surface area contributed by atoms with E-state index in [0.717, 1.165) is 23.6 Å². The summed E-state index contributed by atoms with van der Waals surface area (Å²) < 4.78 is 7.19. The number of hydrogen-bond acceptors (Lipinski definition) is 4. The van der Waals surface area contributed by atoms with Crippen molar-refractivity contribution >= 4 is 5.91 Å². The van der Waals surface area contributed by atoms with E-state index in [1.807, 2.05) is 37.3 Å². The van der Waals surface area contributed by atoms with Crippen LogP contribution in [0.15, 0.2) is 47.1 Å². The summed E-state index contributed by atoms with van der Waals surface area (Å²) in [5.74, 6) is 2.49. The van der Waals surface area contributed by atoms with E-state index in [2.05, 4.69) is 15.4 Å². The Morgan fingerprint density at radius 3 is 2.70 bits per heavy atom. The molecule has 0 saturated heterocycles. The average Bonchev–Trinajstić information content (AvgIpc) is 3.44. The third-order valence-corrected chi connectivity index (χ3v) is 5.88. The van der Waals surface area contributed by atoms with E-state index in [0.29, 0.717) is 17.5 Å². The van der Waals surface area contributed by atoms with E-state index in [9.17, 15) is 4.79 Å². The highest BCUT2D eigenvalue weighted by atomic mass is 16.3. The van der Waals surface area contributed by atoms with Crippen LogP contribution in [0.5, 0.6) is 0 Å². The van der Waals surface area contributed by atoms with Gasteiger partial charge in [0.25, 0.3) is 5.91 Å². The third-order valence-electron chi connectivity index (χ3n) is 5.88. The quantitative estimate of drug-likeness (QED) is 0.767. The van der Waals surface area contributed by atoms with E-state index in [-0.39, 0.29) is 17.8 Å². The maximum Gasteiger partial charge on any atom is 0.291 e. The molecule has 6 nitrogen and oxygen atoms in total. The molecule has 1 amide bonds. The number of carbonyl (C=O) groups is 1. The van der Waals surface area contributed by atoms with Gasteiger partial charge in [0.15, 0.2) is 11.6 Å². The van der Waals surface area contributed by atoms with Gasteiger partial charge in [-0.05, 0) is 62.3 Å². The van der Waals surface area contributed by atoms with Crippen molar-refractivity contribution in [3.8, 4) is 17.3 Å². The molecule has 2 bridgehead atoms. The predicted molar refractivity (Wildman–Crippen MR) is 101 cm³/mol. The number of hydrogen-bond donors (Lipinski definition) is 1. The van der Waals surface area contributed by atoms with Crippen LogP contribution < -0.4 is 5.32 Å². The first kappa shape index (κ1) is 16.3. The summed E-state index contributed by atoms with van der Waals surface area (Å²) in [5.41, 5.74) is 2.01. The summed E-state index contributed by atoms with van der Waals surface area (Å²) >= 11 is 0. The Balaban J connectivity index is 1.47. The number of furan rings is 1. The number of carbonyl (C=O) groups excluding carboxylic acids is 1. The van der Waals surface area contributed by atoms with Gasteiger partial charge in [-0.2, -0.15) is 4.98 Å². The van der Waals surface area contributed by atoms with Gasteiger partial charge in [0.2, 0.25) is 5.82 Å². The van der Waals surface area contributed by atoms with Crippen LogP contribution in [0.3, 0.4) is 0 Å². The van der Waals surface area contributed by atoms with Crippen LogP contribution in [-0.2, 0) is 0 Å². The van der Waals surface area contributed by atoms with Crippen molar-refractivity contribution in [1.82, 2.24) is 20.1 Å². The zero-order chi connectivity index (χ0) is 18.4. The normalized spacial score (nSPS) is 23.7. The highest BCUT2D eigenvalue weighted by Crippen LogP contribution is 2.44. The second kappa shape index (κ2) is 6.37. The molecule has 1 aromatic carbocycles. The second-order valence-electron chi connectivity index (χ2n) is 7.74. The number of aryl methyl sites for hydroxylation is 1. The zero-order valence-electron chi connectivity index (χ0n) is 15.3. The smallest absolute Gasteiger partial charge is 0.291 e. The predicted octanol–water partition coefficient (Wildman–Crippen LogP) is 3.75. The SMILES string of the molecule is Cc1ccc(-n2nc(C(=O)N[C@@H]3C[C@H]4CC[C@H]3C4)nc2-c2ccco2)cc1. The lowest BCUT2D eigenvalue weighted by Gasteiger charge is -2.22. The van der Waals surface area contributed by atoms with Crippen LogP contribution in [0.2, 0.25) is 0 Å². The van der Waals surface area contributed by atoms with E-state index >= 15 is 0 Å². The van der Waals surface area contributed by atoms with Gasteiger partial charge in [-0.15, -0.1) is 5.10 Å². The summed E-state index contributed by atoms with van der Waals surface area (Å²) in [4.78, 5) is 17.3. The second-order valence-corrected chi connectivity index (χ2v) is 7.74. The minimum Gasteiger partial charge on any atom is -0.461 e. The van der Waals surface area contributed by atoms with Crippen molar-refractivity contribution in [1.29, 1.82) is 0 Å². The van der Waals surface area contributed by atoms with Crippen molar-refractivity contribution in [2.45, 2.75) is 38.6 Å². The van der Waals surface area contributed by atoms with Crippen LogP contribution in [0.25, 0.3) is 17.3 Å². The summed E-state index contributed by atoms with van der Waals surface area (Å²) in [5, 5.41) is 7.67. The molecule has 27 heavy (non-hydrogen) atoms. The van der Waals surface area contributed by atoms with E-state index in [1.165, 1.54) is 19.3 Å². The Hall–Kier alpha value is -2.89. The summed E-state index contributed by atoms with van der Waals surface area (Å²) in [7, 11) is 0. The Kier molecular flexibility index (Phi) is 3.85. The van der Waals surface area contributed by atoms with Crippen molar-refractivity contribution in [3.05, 3.63) is 54.0 Å². The third kappa shape index (κ3) is 2.95. The minimum absolute atomic E-state index is 0.185. The van der Waals surface area contributed by atoms with E-state index in [4.69, 9.17) is 4.42 Å². The molecule has 5 rings (SSSR count). The first-order chi connectivity index (χ1) is 13.2. The standard InChI is InChI=1S/C21H22N4O2/c1-13-4-8-16(9-5-13)25-20(18-3-2-10-27-18)23-19(24-25)21(26)22-17-12-14-6-7-15(17)11-14/h2-5,8-10,14-15,17H,6-7,11-12H2,1H3,(H,22,26)/t14-,15-,17+/m0/s1. The number of benzene rings is 1. The number of fused-ring (bicyclic) bond motifs is 2. The minimum atomic E-state index is -0.203. The molecule has 0 radical (unpaired) electrons. The van der Waals surface area contributed by atoms with Crippen LogP contribution in [0.1, 0.15) is 41.9 Å². The number of amides is 1.